The molecule has 0 unspecified atom stereocenters. The summed E-state index contributed by atoms with van der Waals surface area (Å²) >= 11 is 0. The first kappa shape index (κ1) is 19.1. The Labute approximate surface area is 173 Å². The van der Waals surface area contributed by atoms with Crippen molar-refractivity contribution in [3.8, 4) is 5.75 Å². The Morgan fingerprint density at radius 3 is 3.10 bits per heavy atom. The van der Waals surface area contributed by atoms with Crippen molar-refractivity contribution >= 4 is 29.1 Å². The third-order valence-electron chi connectivity index (χ3n) is 4.25. The van der Waals surface area contributed by atoms with Gasteiger partial charge < -0.3 is 14.5 Å². The molecule has 0 aliphatic rings. The van der Waals surface area contributed by atoms with Gasteiger partial charge in [-0.3, -0.25) is 5.10 Å². The smallest absolute Gasteiger partial charge is 0.232 e. The minimum atomic E-state index is 0.251. The summed E-state index contributed by atoms with van der Waals surface area (Å²) in [6.07, 6.45) is 8.50. The molecular weight excluding hydrogens is 380 g/mol. The average molecular weight is 400 g/mol. The van der Waals surface area contributed by atoms with Crippen molar-refractivity contribution in [2.45, 2.75) is 6.61 Å². The summed E-state index contributed by atoms with van der Waals surface area (Å²) in [5.74, 6) is 1.69. The Bertz CT molecular complexity index is 1180. The second kappa shape index (κ2) is 9.33. The van der Waals surface area contributed by atoms with E-state index in [0.29, 0.717) is 24.0 Å². The molecule has 2 N–H and O–H groups in total. The summed E-state index contributed by atoms with van der Waals surface area (Å²) in [5, 5.41) is 11.3. The van der Waals surface area contributed by atoms with Gasteiger partial charge in [0.05, 0.1) is 17.9 Å². The number of hydrogen-bond donors (Lipinski definition) is 2. The monoisotopic (exact) mass is 400 g/mol. The number of H-pyrrole nitrogens is 1. The van der Waals surface area contributed by atoms with Crippen LogP contribution in [0.25, 0.3) is 10.9 Å². The van der Waals surface area contributed by atoms with Gasteiger partial charge in [-0.2, -0.15) is 5.10 Å². The number of nitrogens with one attached hydrogen (secondary N) is 2. The SMILES string of the molecule is C=N/C(=N\C=C/CNc1ccc2[nH]ncc2c1)c1cccc(OCc2ncco2)c1. The molecule has 0 saturated heterocycles. The zero-order valence-corrected chi connectivity index (χ0v) is 16.2. The van der Waals surface area contributed by atoms with Gasteiger partial charge in [0, 0.05) is 29.4 Å². The number of anilines is 1. The van der Waals surface area contributed by atoms with Crippen LogP contribution in [0.1, 0.15) is 11.5 Å². The molecule has 0 aliphatic heterocycles. The minimum Gasteiger partial charge on any atom is -0.484 e. The predicted molar refractivity (Wildman–Crippen MR) is 117 cm³/mol. The lowest BCUT2D eigenvalue weighted by molar-refractivity contribution is 0.263. The Hall–Kier alpha value is -4.20. The van der Waals surface area contributed by atoms with Crippen molar-refractivity contribution in [3.05, 3.63) is 84.9 Å². The Balaban J connectivity index is 1.35. The van der Waals surface area contributed by atoms with Crippen LogP contribution in [0.3, 0.4) is 0 Å². The summed E-state index contributed by atoms with van der Waals surface area (Å²) in [6.45, 7) is 4.49. The Morgan fingerprint density at radius 2 is 2.23 bits per heavy atom. The molecule has 0 fully saturated rings. The molecule has 8 heteroatoms. The molecule has 0 atom stereocenters. The lowest BCUT2D eigenvalue weighted by Crippen LogP contribution is -2.00. The first-order chi connectivity index (χ1) is 14.8. The Morgan fingerprint density at radius 1 is 1.27 bits per heavy atom. The van der Waals surface area contributed by atoms with E-state index >= 15 is 0 Å². The highest BCUT2D eigenvalue weighted by Crippen LogP contribution is 2.17. The summed E-state index contributed by atoms with van der Waals surface area (Å²) in [4.78, 5) is 12.5. The van der Waals surface area contributed by atoms with Gasteiger partial charge in [0.15, 0.2) is 12.4 Å². The number of ether oxygens (including phenoxy) is 1. The van der Waals surface area contributed by atoms with Crippen LogP contribution in [0.4, 0.5) is 5.69 Å². The van der Waals surface area contributed by atoms with E-state index in [0.717, 1.165) is 22.2 Å². The quantitative estimate of drug-likeness (QED) is 0.341. The molecule has 0 spiro atoms. The number of hydrogen-bond acceptors (Lipinski definition) is 6. The molecule has 0 aliphatic carbocycles. The molecule has 2 aromatic heterocycles. The molecule has 4 rings (SSSR count). The van der Waals surface area contributed by atoms with Gasteiger partial charge in [0.1, 0.15) is 12.0 Å². The van der Waals surface area contributed by atoms with Gasteiger partial charge in [-0.15, -0.1) is 0 Å². The maximum atomic E-state index is 5.69. The van der Waals surface area contributed by atoms with E-state index in [1.807, 2.05) is 48.5 Å². The first-order valence-corrected chi connectivity index (χ1v) is 9.30. The van der Waals surface area contributed by atoms with Crippen LogP contribution in [0.15, 0.2) is 87.8 Å². The summed E-state index contributed by atoms with van der Waals surface area (Å²) in [7, 11) is 0. The number of fused-ring (bicyclic) bond motifs is 1. The van der Waals surface area contributed by atoms with Crippen LogP contribution in [-0.4, -0.2) is 34.3 Å². The molecule has 0 radical (unpaired) electrons. The second-order valence-corrected chi connectivity index (χ2v) is 6.29. The molecule has 4 aromatic rings. The van der Waals surface area contributed by atoms with Crippen LogP contribution < -0.4 is 10.1 Å². The molecule has 0 bridgehead atoms. The van der Waals surface area contributed by atoms with Crippen LogP contribution in [0.5, 0.6) is 5.75 Å². The number of amidine groups is 1. The number of oxazole rings is 1. The lowest BCUT2D eigenvalue weighted by atomic mass is 10.2. The molecule has 150 valence electrons. The van der Waals surface area contributed by atoms with Gasteiger partial charge in [0.2, 0.25) is 5.89 Å². The summed E-state index contributed by atoms with van der Waals surface area (Å²) < 4.78 is 10.9. The fourth-order valence-corrected chi connectivity index (χ4v) is 2.81. The maximum absolute atomic E-state index is 5.69. The zero-order chi connectivity index (χ0) is 20.6. The molecule has 2 aromatic carbocycles. The molecular formula is C22H20N6O2. The second-order valence-electron chi connectivity index (χ2n) is 6.29. The summed E-state index contributed by atoms with van der Waals surface area (Å²) in [6, 6.07) is 13.5. The van der Waals surface area contributed by atoms with E-state index in [2.05, 4.69) is 37.2 Å². The fraction of sp³-hybridized carbons (Fsp3) is 0.0909. The molecule has 0 amide bonds. The van der Waals surface area contributed by atoms with Gasteiger partial charge in [-0.25, -0.2) is 15.0 Å². The standard InChI is InChI=1S/C22H20N6O2/c1-23-22(16-4-2-5-19(13-16)30-15-21-25-10-11-29-21)26-9-3-8-24-18-6-7-20-17(12-18)14-27-28-20/h2-7,9-14,24H,1,8,15H2,(H,27,28)/b9-3-,26-22-. The largest absolute Gasteiger partial charge is 0.484 e. The number of aromatic amines is 1. The van der Waals surface area contributed by atoms with Gasteiger partial charge in [0.25, 0.3) is 0 Å². The third-order valence-corrected chi connectivity index (χ3v) is 4.25. The third kappa shape index (κ3) is 4.79. The highest BCUT2D eigenvalue weighted by atomic mass is 16.5. The van der Waals surface area contributed by atoms with Crippen LogP contribution in [0.2, 0.25) is 0 Å². The molecule has 30 heavy (non-hydrogen) atoms. The molecule has 2 heterocycles. The van der Waals surface area contributed by atoms with Crippen LogP contribution >= 0.6 is 0 Å². The van der Waals surface area contributed by atoms with E-state index in [9.17, 15) is 0 Å². The van der Waals surface area contributed by atoms with Crippen molar-refractivity contribution in [2.24, 2.45) is 9.98 Å². The van der Waals surface area contributed by atoms with E-state index < -0.39 is 0 Å². The van der Waals surface area contributed by atoms with Gasteiger partial charge >= 0.3 is 0 Å². The number of aliphatic imine (C=N–C) groups is 2. The van der Waals surface area contributed by atoms with Crippen molar-refractivity contribution in [2.75, 3.05) is 11.9 Å². The van der Waals surface area contributed by atoms with Crippen LogP contribution in [0, 0.1) is 0 Å². The van der Waals surface area contributed by atoms with Crippen molar-refractivity contribution in [3.63, 3.8) is 0 Å². The lowest BCUT2D eigenvalue weighted by Gasteiger charge is -2.06. The molecule has 8 nitrogen and oxygen atoms in total. The number of nitrogens with zero attached hydrogens (tertiary/aromatic N) is 4. The topological polar surface area (TPSA) is 101 Å². The van der Waals surface area contributed by atoms with Crippen molar-refractivity contribution < 1.29 is 9.15 Å². The Kier molecular flexibility index (Phi) is 5.95. The van der Waals surface area contributed by atoms with E-state index in [-0.39, 0.29) is 6.61 Å². The van der Waals surface area contributed by atoms with E-state index in [1.165, 1.54) is 6.26 Å². The van der Waals surface area contributed by atoms with E-state index in [4.69, 9.17) is 9.15 Å². The normalized spacial score (nSPS) is 11.8. The zero-order valence-electron chi connectivity index (χ0n) is 16.2. The van der Waals surface area contributed by atoms with Gasteiger partial charge in [-0.1, -0.05) is 12.1 Å². The minimum absolute atomic E-state index is 0.251. The number of aromatic nitrogens is 3. The maximum Gasteiger partial charge on any atom is 0.232 e. The average Bonchev–Trinajstić information content (AvgIpc) is 3.46. The highest BCUT2D eigenvalue weighted by Gasteiger charge is 2.04. The number of benzene rings is 2. The fourth-order valence-electron chi connectivity index (χ4n) is 2.81. The van der Waals surface area contributed by atoms with E-state index in [1.54, 1.807) is 18.6 Å². The number of rotatable bonds is 8. The first-order valence-electron chi connectivity index (χ1n) is 9.30. The van der Waals surface area contributed by atoms with Crippen molar-refractivity contribution in [1.29, 1.82) is 0 Å². The summed E-state index contributed by atoms with van der Waals surface area (Å²) in [5.41, 5.74) is 2.82. The van der Waals surface area contributed by atoms with Crippen molar-refractivity contribution in [1.82, 2.24) is 15.2 Å². The highest BCUT2D eigenvalue weighted by molar-refractivity contribution is 6.02. The predicted octanol–water partition coefficient (Wildman–Crippen LogP) is 4.20. The van der Waals surface area contributed by atoms with Gasteiger partial charge in [-0.05, 0) is 43.1 Å². The molecule has 0 saturated carbocycles. The van der Waals surface area contributed by atoms with Crippen LogP contribution in [-0.2, 0) is 6.61 Å².